The van der Waals surface area contributed by atoms with E-state index in [1.165, 1.54) is 11.3 Å². The van der Waals surface area contributed by atoms with E-state index in [4.69, 9.17) is 9.47 Å². The van der Waals surface area contributed by atoms with Gasteiger partial charge in [-0.25, -0.2) is 4.98 Å². The number of hydrogen-bond acceptors (Lipinski definition) is 5. The zero-order valence-corrected chi connectivity index (χ0v) is 13.9. The van der Waals surface area contributed by atoms with Gasteiger partial charge in [0.1, 0.15) is 16.5 Å². The highest BCUT2D eigenvalue weighted by molar-refractivity contribution is 7.13. The Bertz CT molecular complexity index is 648. The lowest BCUT2D eigenvalue weighted by Crippen LogP contribution is -2.31. The Morgan fingerprint density at radius 1 is 1.43 bits per heavy atom. The molecule has 1 aliphatic rings. The van der Waals surface area contributed by atoms with Crippen LogP contribution in [0.3, 0.4) is 0 Å². The topological polar surface area (TPSA) is 60.5 Å². The van der Waals surface area contributed by atoms with Gasteiger partial charge < -0.3 is 14.8 Å². The normalized spacial score (nSPS) is 17.2. The van der Waals surface area contributed by atoms with Crippen LogP contribution in [0.4, 0.5) is 0 Å². The first-order valence-electron chi connectivity index (χ1n) is 7.85. The van der Waals surface area contributed by atoms with Gasteiger partial charge in [-0.1, -0.05) is 0 Å². The van der Waals surface area contributed by atoms with E-state index in [0.29, 0.717) is 18.8 Å². The monoisotopic (exact) mass is 332 g/mol. The van der Waals surface area contributed by atoms with Gasteiger partial charge in [-0.05, 0) is 44.0 Å². The third-order valence-corrected chi connectivity index (χ3v) is 4.55. The van der Waals surface area contributed by atoms with E-state index in [2.05, 4.69) is 10.3 Å². The molecular formula is C17H20N2O3S. The molecule has 0 saturated carbocycles. The summed E-state index contributed by atoms with van der Waals surface area (Å²) in [7, 11) is 0. The molecule has 1 fully saturated rings. The summed E-state index contributed by atoms with van der Waals surface area (Å²) in [6.07, 6.45) is 2.22. The summed E-state index contributed by atoms with van der Waals surface area (Å²) in [6, 6.07) is 7.74. The highest BCUT2D eigenvalue weighted by Crippen LogP contribution is 2.25. The largest absolute Gasteiger partial charge is 0.494 e. The molecule has 1 aromatic carbocycles. The molecule has 0 unspecified atom stereocenters. The van der Waals surface area contributed by atoms with Crippen LogP contribution >= 0.6 is 11.3 Å². The Labute approximate surface area is 139 Å². The van der Waals surface area contributed by atoms with Gasteiger partial charge in [0.25, 0.3) is 5.91 Å². The molecule has 1 aliphatic heterocycles. The molecule has 2 heterocycles. The van der Waals surface area contributed by atoms with Gasteiger partial charge in [-0.2, -0.15) is 0 Å². The number of nitrogens with one attached hydrogen (secondary N) is 1. The SMILES string of the molecule is CCOc1ccc(-c2nc(C(=O)NC[C@@H]3CCCO3)cs2)cc1. The number of benzene rings is 1. The Morgan fingerprint density at radius 3 is 2.96 bits per heavy atom. The number of ether oxygens (including phenoxy) is 2. The quantitative estimate of drug-likeness (QED) is 0.883. The molecule has 1 saturated heterocycles. The molecule has 1 N–H and O–H groups in total. The molecule has 0 aliphatic carbocycles. The predicted octanol–water partition coefficient (Wildman–Crippen LogP) is 3.12. The van der Waals surface area contributed by atoms with E-state index in [1.54, 1.807) is 5.38 Å². The number of amides is 1. The molecule has 23 heavy (non-hydrogen) atoms. The van der Waals surface area contributed by atoms with Crippen LogP contribution in [0.1, 0.15) is 30.3 Å². The second kappa shape index (κ2) is 7.57. The summed E-state index contributed by atoms with van der Waals surface area (Å²) in [5, 5.41) is 5.51. The fourth-order valence-corrected chi connectivity index (χ4v) is 3.28. The second-order valence-corrected chi connectivity index (χ2v) is 6.20. The lowest BCUT2D eigenvalue weighted by molar-refractivity contribution is 0.0854. The summed E-state index contributed by atoms with van der Waals surface area (Å²) < 4.78 is 10.9. The number of nitrogens with zero attached hydrogens (tertiary/aromatic N) is 1. The molecule has 5 nitrogen and oxygen atoms in total. The van der Waals surface area contributed by atoms with Gasteiger partial charge in [-0.3, -0.25) is 4.79 Å². The predicted molar refractivity (Wildman–Crippen MR) is 90.0 cm³/mol. The maximum Gasteiger partial charge on any atom is 0.270 e. The second-order valence-electron chi connectivity index (χ2n) is 5.34. The van der Waals surface area contributed by atoms with Crippen LogP contribution < -0.4 is 10.1 Å². The molecule has 3 rings (SSSR count). The molecule has 1 aromatic heterocycles. The van der Waals surface area contributed by atoms with Crippen LogP contribution in [-0.2, 0) is 4.74 Å². The van der Waals surface area contributed by atoms with Gasteiger partial charge >= 0.3 is 0 Å². The number of aromatic nitrogens is 1. The van der Waals surface area contributed by atoms with Gasteiger partial charge in [0.05, 0.1) is 12.7 Å². The lowest BCUT2D eigenvalue weighted by Gasteiger charge is -2.09. The van der Waals surface area contributed by atoms with Gasteiger partial charge in [0, 0.05) is 24.1 Å². The molecule has 2 aromatic rings. The van der Waals surface area contributed by atoms with Crippen molar-refractivity contribution in [1.82, 2.24) is 10.3 Å². The Kier molecular flexibility index (Phi) is 5.25. The van der Waals surface area contributed by atoms with Crippen molar-refractivity contribution in [1.29, 1.82) is 0 Å². The molecule has 1 amide bonds. The van der Waals surface area contributed by atoms with Crippen LogP contribution in [0.15, 0.2) is 29.6 Å². The van der Waals surface area contributed by atoms with Crippen molar-refractivity contribution in [3.05, 3.63) is 35.3 Å². The van der Waals surface area contributed by atoms with Gasteiger partial charge in [0.2, 0.25) is 0 Å². The van der Waals surface area contributed by atoms with E-state index in [-0.39, 0.29) is 12.0 Å². The van der Waals surface area contributed by atoms with Gasteiger partial charge in [-0.15, -0.1) is 11.3 Å². The summed E-state index contributed by atoms with van der Waals surface area (Å²) in [4.78, 5) is 16.6. The van der Waals surface area contributed by atoms with Crippen molar-refractivity contribution in [3.8, 4) is 16.3 Å². The summed E-state index contributed by atoms with van der Waals surface area (Å²) in [5.41, 5.74) is 1.44. The molecule has 0 radical (unpaired) electrons. The third kappa shape index (κ3) is 4.09. The molecule has 6 heteroatoms. The van der Waals surface area contributed by atoms with Crippen molar-refractivity contribution >= 4 is 17.2 Å². The number of carbonyl (C=O) groups excluding carboxylic acids is 1. The molecular weight excluding hydrogens is 312 g/mol. The first kappa shape index (κ1) is 16.0. The standard InChI is InChI=1S/C17H20N2O3S/c1-2-21-13-7-5-12(6-8-13)17-19-15(11-23-17)16(20)18-10-14-4-3-9-22-14/h5-8,11,14H,2-4,9-10H2,1H3,(H,18,20)/t14-/m0/s1. The minimum absolute atomic E-state index is 0.142. The minimum Gasteiger partial charge on any atom is -0.494 e. The third-order valence-electron chi connectivity index (χ3n) is 3.66. The molecule has 122 valence electrons. The van der Waals surface area contributed by atoms with E-state index >= 15 is 0 Å². The smallest absolute Gasteiger partial charge is 0.270 e. The highest BCUT2D eigenvalue weighted by Gasteiger charge is 2.18. The lowest BCUT2D eigenvalue weighted by atomic mass is 10.2. The van der Waals surface area contributed by atoms with E-state index in [9.17, 15) is 4.79 Å². The van der Waals surface area contributed by atoms with Crippen molar-refractivity contribution in [2.45, 2.75) is 25.9 Å². The maximum absolute atomic E-state index is 12.1. The van der Waals surface area contributed by atoms with Crippen LogP contribution in [0, 0.1) is 0 Å². The summed E-state index contributed by atoms with van der Waals surface area (Å²) >= 11 is 1.46. The van der Waals surface area contributed by atoms with Gasteiger partial charge in [0.15, 0.2) is 0 Å². The van der Waals surface area contributed by atoms with Crippen molar-refractivity contribution < 1.29 is 14.3 Å². The zero-order chi connectivity index (χ0) is 16.1. The first-order chi connectivity index (χ1) is 11.3. The van der Waals surface area contributed by atoms with Crippen LogP contribution in [0.2, 0.25) is 0 Å². The van der Waals surface area contributed by atoms with Crippen molar-refractivity contribution in [2.24, 2.45) is 0 Å². The maximum atomic E-state index is 12.1. The fourth-order valence-electron chi connectivity index (χ4n) is 2.47. The van der Waals surface area contributed by atoms with E-state index < -0.39 is 0 Å². The first-order valence-corrected chi connectivity index (χ1v) is 8.73. The van der Waals surface area contributed by atoms with E-state index in [0.717, 1.165) is 35.8 Å². The summed E-state index contributed by atoms with van der Waals surface area (Å²) in [6.45, 7) is 3.94. The Hall–Kier alpha value is -1.92. The fraction of sp³-hybridized carbons (Fsp3) is 0.412. The van der Waals surface area contributed by atoms with Crippen molar-refractivity contribution in [2.75, 3.05) is 19.8 Å². The minimum atomic E-state index is -0.145. The Balaban J connectivity index is 1.61. The number of thiazole rings is 1. The van der Waals surface area contributed by atoms with E-state index in [1.807, 2.05) is 31.2 Å². The number of rotatable bonds is 6. The van der Waals surface area contributed by atoms with Crippen LogP contribution in [0.5, 0.6) is 5.75 Å². The molecule has 0 bridgehead atoms. The molecule has 1 atom stereocenters. The summed E-state index contributed by atoms with van der Waals surface area (Å²) in [5.74, 6) is 0.691. The highest BCUT2D eigenvalue weighted by atomic mass is 32.1. The number of hydrogen-bond donors (Lipinski definition) is 1. The van der Waals surface area contributed by atoms with Crippen LogP contribution in [0.25, 0.3) is 10.6 Å². The number of carbonyl (C=O) groups is 1. The van der Waals surface area contributed by atoms with Crippen LogP contribution in [-0.4, -0.2) is 36.8 Å². The molecule has 0 spiro atoms. The Morgan fingerprint density at radius 2 is 2.26 bits per heavy atom. The zero-order valence-electron chi connectivity index (χ0n) is 13.1. The van der Waals surface area contributed by atoms with Crippen molar-refractivity contribution in [3.63, 3.8) is 0 Å². The average Bonchev–Trinajstić information content (AvgIpc) is 3.25. The average molecular weight is 332 g/mol.